The van der Waals surface area contributed by atoms with Crippen LogP contribution in [0.5, 0.6) is 0 Å². The number of amides is 1. The number of hydrogen-bond donors (Lipinski definition) is 3. The summed E-state index contributed by atoms with van der Waals surface area (Å²) in [5.74, 6) is 0.227. The molecule has 114 valence electrons. The van der Waals surface area contributed by atoms with Gasteiger partial charge in [0.05, 0.1) is 11.0 Å². The zero-order valence-corrected chi connectivity index (χ0v) is 12.4. The van der Waals surface area contributed by atoms with Gasteiger partial charge in [-0.15, -0.1) is 0 Å². The van der Waals surface area contributed by atoms with Crippen LogP contribution in [-0.2, 0) is 11.3 Å². The average Bonchev–Trinajstić information content (AvgIpc) is 2.98. The molecule has 2 heterocycles. The molecule has 0 unspecified atom stereocenters. The predicted octanol–water partition coefficient (Wildman–Crippen LogP) is 1.70. The Bertz CT molecular complexity index is 854. The number of nitrogens with one attached hydrogen (secondary N) is 3. The third-order valence-electron chi connectivity index (χ3n) is 3.70. The number of rotatable bonds is 4. The van der Waals surface area contributed by atoms with Crippen molar-refractivity contribution in [2.45, 2.75) is 26.8 Å². The van der Waals surface area contributed by atoms with Crippen LogP contribution in [0.25, 0.3) is 11.0 Å². The van der Waals surface area contributed by atoms with E-state index in [4.69, 9.17) is 0 Å². The Hall–Kier alpha value is -2.83. The van der Waals surface area contributed by atoms with Gasteiger partial charge in [-0.25, -0.2) is 9.78 Å². The first kappa shape index (κ1) is 14.1. The van der Waals surface area contributed by atoms with E-state index in [2.05, 4.69) is 20.3 Å². The highest BCUT2D eigenvalue weighted by Gasteiger charge is 2.10. The highest BCUT2D eigenvalue weighted by atomic mass is 16.2. The van der Waals surface area contributed by atoms with Gasteiger partial charge in [-0.05, 0) is 26.0 Å². The van der Waals surface area contributed by atoms with Crippen LogP contribution in [0.2, 0.25) is 0 Å². The van der Waals surface area contributed by atoms with Gasteiger partial charge in [-0.3, -0.25) is 14.7 Å². The van der Waals surface area contributed by atoms with E-state index in [1.54, 1.807) is 4.57 Å². The van der Waals surface area contributed by atoms with Crippen molar-refractivity contribution < 1.29 is 4.79 Å². The summed E-state index contributed by atoms with van der Waals surface area (Å²) in [6.07, 6.45) is 0.203. The number of aromatic amines is 2. The van der Waals surface area contributed by atoms with E-state index in [0.29, 0.717) is 12.5 Å². The number of carbonyl (C=O) groups excluding carboxylic acids is 1. The van der Waals surface area contributed by atoms with Crippen molar-refractivity contribution in [3.05, 3.63) is 46.1 Å². The topological polar surface area (TPSA) is 95.6 Å². The SMILES string of the molecule is Cc1[nH]c(=O)n(CCC(=O)Nc2nc3ccccc3[nH]2)c1C. The average molecular weight is 299 g/mol. The highest BCUT2D eigenvalue weighted by molar-refractivity contribution is 5.90. The fourth-order valence-corrected chi connectivity index (χ4v) is 2.36. The van der Waals surface area contributed by atoms with Gasteiger partial charge < -0.3 is 9.97 Å². The van der Waals surface area contributed by atoms with Crippen LogP contribution in [0, 0.1) is 13.8 Å². The summed E-state index contributed by atoms with van der Waals surface area (Å²) in [5, 5.41) is 2.72. The third-order valence-corrected chi connectivity index (χ3v) is 3.70. The number of nitrogens with zero attached hydrogens (tertiary/aromatic N) is 2. The largest absolute Gasteiger partial charge is 0.325 e. The summed E-state index contributed by atoms with van der Waals surface area (Å²) >= 11 is 0. The molecule has 3 aromatic rings. The molecule has 3 N–H and O–H groups in total. The van der Waals surface area contributed by atoms with Crippen molar-refractivity contribution in [2.24, 2.45) is 0 Å². The molecule has 0 radical (unpaired) electrons. The normalized spacial score (nSPS) is 11.0. The molecule has 22 heavy (non-hydrogen) atoms. The van der Waals surface area contributed by atoms with Crippen molar-refractivity contribution in [2.75, 3.05) is 5.32 Å². The molecule has 0 atom stereocenters. The molecule has 0 saturated carbocycles. The zero-order chi connectivity index (χ0) is 15.7. The summed E-state index contributed by atoms with van der Waals surface area (Å²) < 4.78 is 1.56. The number of fused-ring (bicyclic) bond motifs is 1. The number of aromatic nitrogens is 4. The smallest absolute Gasteiger partial charge is 0.324 e. The lowest BCUT2D eigenvalue weighted by Gasteiger charge is -2.04. The van der Waals surface area contributed by atoms with Crippen LogP contribution in [0.1, 0.15) is 17.8 Å². The second-order valence-electron chi connectivity index (χ2n) is 5.19. The van der Waals surface area contributed by atoms with Gasteiger partial charge in [-0.1, -0.05) is 12.1 Å². The Kier molecular flexibility index (Phi) is 3.54. The van der Waals surface area contributed by atoms with Gasteiger partial charge >= 0.3 is 5.69 Å². The minimum absolute atomic E-state index is 0.188. The third kappa shape index (κ3) is 2.65. The summed E-state index contributed by atoms with van der Waals surface area (Å²) in [6.45, 7) is 4.02. The lowest BCUT2D eigenvalue weighted by molar-refractivity contribution is -0.116. The molecule has 3 rings (SSSR count). The molecule has 0 fully saturated rings. The molecule has 0 saturated heterocycles. The number of benzene rings is 1. The van der Waals surface area contributed by atoms with Crippen molar-refractivity contribution in [1.29, 1.82) is 0 Å². The first-order valence-electron chi connectivity index (χ1n) is 7.05. The number of aryl methyl sites for hydroxylation is 1. The maximum Gasteiger partial charge on any atom is 0.325 e. The fourth-order valence-electron chi connectivity index (χ4n) is 2.36. The number of hydrogen-bond acceptors (Lipinski definition) is 3. The quantitative estimate of drug-likeness (QED) is 0.684. The van der Waals surface area contributed by atoms with E-state index < -0.39 is 0 Å². The molecule has 0 aliphatic heterocycles. The molecule has 0 aliphatic rings. The van der Waals surface area contributed by atoms with E-state index in [1.165, 1.54) is 0 Å². The van der Waals surface area contributed by atoms with E-state index >= 15 is 0 Å². The first-order chi connectivity index (χ1) is 10.5. The van der Waals surface area contributed by atoms with Gasteiger partial charge in [0.15, 0.2) is 0 Å². The molecule has 0 bridgehead atoms. The van der Waals surface area contributed by atoms with E-state index in [1.807, 2.05) is 38.1 Å². The van der Waals surface area contributed by atoms with Crippen LogP contribution < -0.4 is 11.0 Å². The fraction of sp³-hybridized carbons (Fsp3) is 0.267. The van der Waals surface area contributed by atoms with Crippen molar-refractivity contribution >= 4 is 22.9 Å². The number of H-pyrrole nitrogens is 2. The molecule has 1 aromatic carbocycles. The van der Waals surface area contributed by atoms with E-state index in [9.17, 15) is 9.59 Å². The molecule has 0 aliphatic carbocycles. The maximum absolute atomic E-state index is 12.0. The second-order valence-corrected chi connectivity index (χ2v) is 5.19. The Morgan fingerprint density at radius 2 is 2.05 bits per heavy atom. The molecular formula is C15H17N5O2. The first-order valence-corrected chi connectivity index (χ1v) is 7.05. The van der Waals surface area contributed by atoms with E-state index in [-0.39, 0.29) is 18.0 Å². The van der Waals surface area contributed by atoms with Crippen LogP contribution >= 0.6 is 0 Å². The number of anilines is 1. The molecular weight excluding hydrogens is 282 g/mol. The van der Waals surface area contributed by atoms with Crippen LogP contribution in [0.4, 0.5) is 5.95 Å². The molecule has 7 nitrogen and oxygen atoms in total. The molecule has 7 heteroatoms. The highest BCUT2D eigenvalue weighted by Crippen LogP contribution is 2.13. The minimum Gasteiger partial charge on any atom is -0.324 e. The van der Waals surface area contributed by atoms with Crippen LogP contribution in [-0.4, -0.2) is 25.4 Å². The Labute approximate surface area is 126 Å². The Balaban J connectivity index is 1.66. The summed E-state index contributed by atoms with van der Waals surface area (Å²) in [5.41, 5.74) is 3.15. The Morgan fingerprint density at radius 1 is 1.27 bits per heavy atom. The van der Waals surface area contributed by atoms with Gasteiger partial charge in [0, 0.05) is 24.4 Å². The monoisotopic (exact) mass is 299 g/mol. The Morgan fingerprint density at radius 3 is 2.73 bits per heavy atom. The van der Waals surface area contributed by atoms with Crippen LogP contribution in [0.3, 0.4) is 0 Å². The lowest BCUT2D eigenvalue weighted by atomic mass is 10.3. The standard InChI is InChI=1S/C15H17N5O2/c1-9-10(2)20(15(22)16-9)8-7-13(21)19-14-17-11-5-3-4-6-12(11)18-14/h3-6H,7-8H2,1-2H3,(H,16,22)(H2,17,18,19,21). The lowest BCUT2D eigenvalue weighted by Crippen LogP contribution is -2.22. The minimum atomic E-state index is -0.191. The van der Waals surface area contributed by atoms with Crippen molar-refractivity contribution in [3.8, 4) is 0 Å². The number of carbonyl (C=O) groups is 1. The van der Waals surface area contributed by atoms with Gasteiger partial charge in [0.1, 0.15) is 0 Å². The molecule has 0 spiro atoms. The maximum atomic E-state index is 12.0. The second kappa shape index (κ2) is 5.51. The summed E-state index contributed by atoms with van der Waals surface area (Å²) in [4.78, 5) is 33.7. The van der Waals surface area contributed by atoms with Gasteiger partial charge in [0.2, 0.25) is 11.9 Å². The number of para-hydroxylation sites is 2. The summed E-state index contributed by atoms with van der Waals surface area (Å²) in [7, 11) is 0. The van der Waals surface area contributed by atoms with Crippen LogP contribution in [0.15, 0.2) is 29.1 Å². The van der Waals surface area contributed by atoms with Crippen molar-refractivity contribution in [1.82, 2.24) is 19.5 Å². The van der Waals surface area contributed by atoms with Gasteiger partial charge in [0.25, 0.3) is 0 Å². The van der Waals surface area contributed by atoms with E-state index in [0.717, 1.165) is 22.4 Å². The molecule has 1 amide bonds. The molecule has 2 aromatic heterocycles. The number of imidazole rings is 2. The zero-order valence-electron chi connectivity index (χ0n) is 12.4. The van der Waals surface area contributed by atoms with Crippen molar-refractivity contribution in [3.63, 3.8) is 0 Å². The van der Waals surface area contributed by atoms with Gasteiger partial charge in [-0.2, -0.15) is 0 Å². The summed E-state index contributed by atoms with van der Waals surface area (Å²) in [6, 6.07) is 7.55. The predicted molar refractivity (Wildman–Crippen MR) is 83.9 cm³/mol.